The molecular weight excluding hydrogens is 290 g/mol. The van der Waals surface area contributed by atoms with Gasteiger partial charge in [0.1, 0.15) is 0 Å². The summed E-state index contributed by atoms with van der Waals surface area (Å²) < 4.78 is 0. The molecule has 2 rings (SSSR count). The highest BCUT2D eigenvalue weighted by atomic mass is 35.5. The van der Waals surface area contributed by atoms with Crippen molar-refractivity contribution in [3.05, 3.63) is 34.9 Å². The van der Waals surface area contributed by atoms with E-state index in [0.29, 0.717) is 17.9 Å². The summed E-state index contributed by atoms with van der Waals surface area (Å²) in [6.07, 6.45) is 4.28. The molecule has 0 radical (unpaired) electrons. The van der Waals surface area contributed by atoms with Crippen molar-refractivity contribution in [1.82, 2.24) is 5.32 Å². The first-order valence-corrected chi connectivity index (χ1v) is 7.70. The maximum absolute atomic E-state index is 11.9. The Kier molecular flexibility index (Phi) is 5.62. The van der Waals surface area contributed by atoms with Crippen molar-refractivity contribution in [2.24, 2.45) is 5.92 Å². The van der Waals surface area contributed by atoms with E-state index in [1.165, 1.54) is 0 Å². The number of carboxylic acids is 1. The number of rotatable bonds is 6. The molecule has 4 nitrogen and oxygen atoms in total. The summed E-state index contributed by atoms with van der Waals surface area (Å²) in [6, 6.07) is 7.39. The molecule has 114 valence electrons. The van der Waals surface area contributed by atoms with Gasteiger partial charge in [0.2, 0.25) is 5.91 Å². The Balaban J connectivity index is 1.72. The first-order chi connectivity index (χ1) is 10.1. The predicted molar refractivity (Wildman–Crippen MR) is 81.3 cm³/mol. The molecule has 1 aliphatic rings. The summed E-state index contributed by atoms with van der Waals surface area (Å²) in [5, 5.41) is 12.7. The highest BCUT2D eigenvalue weighted by molar-refractivity contribution is 6.30. The van der Waals surface area contributed by atoms with Gasteiger partial charge in [-0.25, -0.2) is 0 Å². The molecule has 2 N–H and O–H groups in total. The van der Waals surface area contributed by atoms with Gasteiger partial charge >= 0.3 is 5.97 Å². The lowest BCUT2D eigenvalue weighted by molar-refractivity contribution is -0.142. The second-order valence-corrected chi connectivity index (χ2v) is 5.97. The maximum Gasteiger partial charge on any atom is 0.308 e. The van der Waals surface area contributed by atoms with Gasteiger partial charge in [-0.05, 0) is 43.4 Å². The summed E-state index contributed by atoms with van der Waals surface area (Å²) in [7, 11) is 0. The fourth-order valence-electron chi connectivity index (χ4n) is 2.81. The van der Waals surface area contributed by atoms with Gasteiger partial charge in [-0.3, -0.25) is 9.59 Å². The molecule has 1 saturated carbocycles. The molecule has 1 aromatic carbocycles. The van der Waals surface area contributed by atoms with Crippen molar-refractivity contribution in [3.8, 4) is 0 Å². The van der Waals surface area contributed by atoms with Crippen LogP contribution in [0.15, 0.2) is 24.3 Å². The van der Waals surface area contributed by atoms with Gasteiger partial charge in [0.05, 0.1) is 5.92 Å². The standard InChI is InChI=1S/C16H20ClNO3/c17-12-9-7-11(8-10-12)3-1-6-15(19)18-14-5-2-4-13(14)16(20)21/h7-10,13-14H,1-6H2,(H,18,19)(H,20,21)/t13-,14+/m1/s1. The van der Waals surface area contributed by atoms with Gasteiger partial charge in [-0.1, -0.05) is 30.2 Å². The number of hydrogen-bond donors (Lipinski definition) is 2. The zero-order chi connectivity index (χ0) is 15.2. The molecule has 0 unspecified atom stereocenters. The average molecular weight is 310 g/mol. The van der Waals surface area contributed by atoms with E-state index in [0.717, 1.165) is 31.2 Å². The molecule has 1 fully saturated rings. The van der Waals surface area contributed by atoms with Gasteiger partial charge in [-0.2, -0.15) is 0 Å². The molecule has 0 aliphatic heterocycles. The van der Waals surface area contributed by atoms with Crippen molar-refractivity contribution in [2.75, 3.05) is 0 Å². The van der Waals surface area contributed by atoms with Gasteiger partial charge in [0, 0.05) is 17.5 Å². The summed E-state index contributed by atoms with van der Waals surface area (Å²) >= 11 is 5.82. The summed E-state index contributed by atoms with van der Waals surface area (Å²) in [4.78, 5) is 22.9. The minimum absolute atomic E-state index is 0.0536. The molecule has 1 amide bonds. The van der Waals surface area contributed by atoms with E-state index in [1.807, 2.05) is 24.3 Å². The molecule has 0 heterocycles. The molecular formula is C16H20ClNO3. The molecule has 2 atom stereocenters. The van der Waals surface area contributed by atoms with Crippen molar-refractivity contribution < 1.29 is 14.7 Å². The van der Waals surface area contributed by atoms with E-state index in [4.69, 9.17) is 16.7 Å². The first kappa shape index (κ1) is 15.8. The summed E-state index contributed by atoms with van der Waals surface area (Å²) in [6.45, 7) is 0. The maximum atomic E-state index is 11.9. The Labute approximate surface area is 129 Å². The topological polar surface area (TPSA) is 66.4 Å². The lowest BCUT2D eigenvalue weighted by atomic mass is 10.0. The zero-order valence-corrected chi connectivity index (χ0v) is 12.6. The minimum Gasteiger partial charge on any atom is -0.481 e. The third-order valence-corrected chi connectivity index (χ3v) is 4.21. The van der Waals surface area contributed by atoms with Crippen LogP contribution in [0.5, 0.6) is 0 Å². The summed E-state index contributed by atoms with van der Waals surface area (Å²) in [5.74, 6) is -1.29. The monoisotopic (exact) mass is 309 g/mol. The van der Waals surface area contributed by atoms with Gasteiger partial charge in [0.15, 0.2) is 0 Å². The van der Waals surface area contributed by atoms with Crippen LogP contribution in [-0.2, 0) is 16.0 Å². The quantitative estimate of drug-likeness (QED) is 0.849. The predicted octanol–water partition coefficient (Wildman–Crippen LogP) is 3.03. The smallest absolute Gasteiger partial charge is 0.308 e. The number of hydrogen-bond acceptors (Lipinski definition) is 2. The Morgan fingerprint density at radius 3 is 2.62 bits per heavy atom. The van der Waals surface area contributed by atoms with Gasteiger partial charge < -0.3 is 10.4 Å². The number of carboxylic acid groups (broad SMARTS) is 1. The summed E-state index contributed by atoms with van der Waals surface area (Å²) in [5.41, 5.74) is 1.15. The van der Waals surface area contributed by atoms with Crippen molar-refractivity contribution in [2.45, 2.75) is 44.6 Å². The van der Waals surface area contributed by atoms with Crippen molar-refractivity contribution in [1.29, 1.82) is 0 Å². The van der Waals surface area contributed by atoms with Crippen LogP contribution < -0.4 is 5.32 Å². The highest BCUT2D eigenvalue weighted by Gasteiger charge is 2.33. The fraction of sp³-hybridized carbons (Fsp3) is 0.500. The number of amides is 1. The van der Waals surface area contributed by atoms with Crippen LogP contribution in [0.2, 0.25) is 5.02 Å². The molecule has 0 bridgehead atoms. The number of aryl methyl sites for hydroxylation is 1. The van der Waals surface area contributed by atoms with Crippen LogP contribution in [-0.4, -0.2) is 23.0 Å². The second-order valence-electron chi connectivity index (χ2n) is 5.53. The van der Waals surface area contributed by atoms with Crippen molar-refractivity contribution in [3.63, 3.8) is 0 Å². The number of benzene rings is 1. The van der Waals surface area contributed by atoms with Crippen LogP contribution >= 0.6 is 11.6 Å². The van der Waals surface area contributed by atoms with Gasteiger partial charge in [0.25, 0.3) is 0 Å². The average Bonchev–Trinajstić information content (AvgIpc) is 2.89. The number of carbonyl (C=O) groups excluding carboxylic acids is 1. The first-order valence-electron chi connectivity index (χ1n) is 7.33. The van der Waals surface area contributed by atoms with Crippen LogP contribution in [0.1, 0.15) is 37.7 Å². The van der Waals surface area contributed by atoms with Crippen LogP contribution in [0, 0.1) is 5.92 Å². The Hall–Kier alpha value is -1.55. The second kappa shape index (κ2) is 7.46. The molecule has 21 heavy (non-hydrogen) atoms. The molecule has 0 saturated heterocycles. The largest absolute Gasteiger partial charge is 0.481 e. The van der Waals surface area contributed by atoms with Crippen LogP contribution in [0.4, 0.5) is 0 Å². The molecule has 0 spiro atoms. The fourth-order valence-corrected chi connectivity index (χ4v) is 2.94. The van der Waals surface area contributed by atoms with E-state index in [-0.39, 0.29) is 11.9 Å². The lowest BCUT2D eigenvalue weighted by Crippen LogP contribution is -2.40. The van der Waals surface area contributed by atoms with E-state index in [9.17, 15) is 9.59 Å². The normalized spacial score (nSPS) is 21.2. The highest BCUT2D eigenvalue weighted by Crippen LogP contribution is 2.25. The molecule has 5 heteroatoms. The third-order valence-electron chi connectivity index (χ3n) is 3.96. The zero-order valence-electron chi connectivity index (χ0n) is 11.8. The number of carbonyl (C=O) groups is 2. The molecule has 0 aromatic heterocycles. The van der Waals surface area contributed by atoms with E-state index >= 15 is 0 Å². The Morgan fingerprint density at radius 2 is 1.95 bits per heavy atom. The third kappa shape index (κ3) is 4.74. The van der Waals surface area contributed by atoms with E-state index < -0.39 is 11.9 Å². The van der Waals surface area contributed by atoms with E-state index in [1.54, 1.807) is 0 Å². The number of halogens is 1. The van der Waals surface area contributed by atoms with Crippen molar-refractivity contribution >= 4 is 23.5 Å². The minimum atomic E-state index is -0.807. The molecule has 1 aromatic rings. The SMILES string of the molecule is O=C(CCCc1ccc(Cl)cc1)N[C@H]1CCC[C@H]1C(=O)O. The Morgan fingerprint density at radius 1 is 1.24 bits per heavy atom. The van der Waals surface area contributed by atoms with E-state index in [2.05, 4.69) is 5.32 Å². The number of aliphatic carboxylic acids is 1. The Bertz CT molecular complexity index is 501. The number of nitrogens with one attached hydrogen (secondary N) is 1. The van der Waals surface area contributed by atoms with Gasteiger partial charge in [-0.15, -0.1) is 0 Å². The molecule has 1 aliphatic carbocycles. The van der Waals surface area contributed by atoms with Crippen LogP contribution in [0.3, 0.4) is 0 Å². The lowest BCUT2D eigenvalue weighted by Gasteiger charge is -2.17. The van der Waals surface area contributed by atoms with Crippen LogP contribution in [0.25, 0.3) is 0 Å².